The molecule has 136 valence electrons. The number of rotatable bonds is 8. The number of nitrogens with two attached hydrogens (primary N) is 1. The molecule has 0 saturated carbocycles. The molecule has 0 radical (unpaired) electrons. The Hall–Kier alpha value is -2.00. The van der Waals surface area contributed by atoms with Gasteiger partial charge in [0, 0.05) is 7.11 Å². The predicted octanol–water partition coefficient (Wildman–Crippen LogP) is 3.27. The van der Waals surface area contributed by atoms with Gasteiger partial charge in [-0.1, -0.05) is 24.3 Å². The van der Waals surface area contributed by atoms with E-state index in [1.807, 2.05) is 48.5 Å². The molecule has 0 unspecified atom stereocenters. The Labute approximate surface area is 165 Å². The topological polar surface area (TPSA) is 78.1 Å². The van der Waals surface area contributed by atoms with Crippen LogP contribution in [-0.4, -0.2) is 33.4 Å². The number of benzene rings is 2. The van der Waals surface area contributed by atoms with E-state index < -0.39 is 0 Å². The number of nitrogens with zero attached hydrogens (tertiary/aromatic N) is 1. The van der Waals surface area contributed by atoms with Gasteiger partial charge in [-0.05, 0) is 29.8 Å². The first-order valence-electron chi connectivity index (χ1n) is 7.63. The highest BCUT2D eigenvalue weighted by atomic mass is 127. The van der Waals surface area contributed by atoms with E-state index in [0.29, 0.717) is 31.5 Å². The van der Waals surface area contributed by atoms with Crippen molar-refractivity contribution < 1.29 is 14.2 Å². The Kier molecular flexibility index (Phi) is 9.71. The number of hydrogen-bond acceptors (Lipinski definition) is 4. The highest BCUT2D eigenvalue weighted by Crippen LogP contribution is 2.22. The number of halogens is 1. The third-order valence-corrected chi connectivity index (χ3v) is 3.28. The van der Waals surface area contributed by atoms with Crippen LogP contribution in [0.3, 0.4) is 0 Å². The Balaban J connectivity index is 0.00000312. The molecule has 0 aliphatic rings. The minimum Gasteiger partial charge on any atom is -0.495 e. The highest BCUT2D eigenvalue weighted by molar-refractivity contribution is 14.0. The van der Waals surface area contributed by atoms with E-state index in [1.54, 1.807) is 14.2 Å². The third-order valence-electron chi connectivity index (χ3n) is 3.28. The van der Waals surface area contributed by atoms with Crippen LogP contribution in [0.4, 0.5) is 5.69 Å². The molecule has 0 atom stereocenters. The van der Waals surface area contributed by atoms with Crippen molar-refractivity contribution in [2.75, 3.05) is 32.8 Å². The number of aliphatic imine (C=N–C) groups is 1. The normalized spacial score (nSPS) is 10.7. The molecule has 6 nitrogen and oxygen atoms in total. The smallest absolute Gasteiger partial charge is 0.193 e. The zero-order chi connectivity index (χ0) is 17.2. The van der Waals surface area contributed by atoms with Crippen molar-refractivity contribution in [3.8, 4) is 11.5 Å². The molecule has 0 aliphatic carbocycles. The molecule has 0 aromatic heterocycles. The van der Waals surface area contributed by atoms with Gasteiger partial charge in [-0.25, -0.2) is 4.99 Å². The van der Waals surface area contributed by atoms with Crippen LogP contribution in [-0.2, 0) is 11.3 Å². The summed E-state index contributed by atoms with van der Waals surface area (Å²) in [7, 11) is 3.26. The van der Waals surface area contributed by atoms with Crippen LogP contribution in [0, 0.1) is 0 Å². The van der Waals surface area contributed by atoms with Crippen molar-refractivity contribution in [1.82, 2.24) is 0 Å². The number of hydrogen-bond donors (Lipinski definition) is 2. The lowest BCUT2D eigenvalue weighted by atomic mass is 10.2. The summed E-state index contributed by atoms with van der Waals surface area (Å²) >= 11 is 0. The zero-order valence-corrected chi connectivity index (χ0v) is 16.7. The second-order valence-corrected chi connectivity index (χ2v) is 5.01. The van der Waals surface area contributed by atoms with E-state index >= 15 is 0 Å². The first-order chi connectivity index (χ1) is 11.7. The van der Waals surface area contributed by atoms with Crippen molar-refractivity contribution in [3.05, 3.63) is 54.1 Å². The summed E-state index contributed by atoms with van der Waals surface area (Å²) < 4.78 is 15.7. The van der Waals surface area contributed by atoms with Gasteiger partial charge >= 0.3 is 0 Å². The maximum absolute atomic E-state index is 5.93. The second-order valence-electron chi connectivity index (χ2n) is 5.01. The fourth-order valence-corrected chi connectivity index (χ4v) is 2.04. The number of para-hydroxylation sites is 2. The largest absolute Gasteiger partial charge is 0.495 e. The summed E-state index contributed by atoms with van der Waals surface area (Å²) in [6.45, 7) is 1.58. The Morgan fingerprint density at radius 1 is 1.04 bits per heavy atom. The van der Waals surface area contributed by atoms with Crippen molar-refractivity contribution >= 4 is 35.6 Å². The lowest BCUT2D eigenvalue weighted by Crippen LogP contribution is -2.22. The lowest BCUT2D eigenvalue weighted by Gasteiger charge is -2.10. The SMILES string of the molecule is COCCOc1ccc(CN=C(N)Nc2ccccc2OC)cc1.I. The van der Waals surface area contributed by atoms with Crippen molar-refractivity contribution in [2.24, 2.45) is 10.7 Å². The standard InChI is InChI=1S/C18H23N3O3.HI/c1-22-11-12-24-15-9-7-14(8-10-15)13-20-18(19)21-16-5-3-4-6-17(16)23-2;/h3-10H,11-13H2,1-2H3,(H3,19,20,21);1H. The van der Waals surface area contributed by atoms with E-state index in [1.165, 1.54) is 0 Å². The summed E-state index contributed by atoms with van der Waals surface area (Å²) in [5.74, 6) is 1.85. The van der Waals surface area contributed by atoms with Gasteiger partial charge < -0.3 is 25.3 Å². The molecule has 0 heterocycles. The zero-order valence-electron chi connectivity index (χ0n) is 14.4. The molecule has 2 aromatic carbocycles. The molecule has 2 aromatic rings. The van der Waals surface area contributed by atoms with Crippen LogP contribution in [0.1, 0.15) is 5.56 Å². The Morgan fingerprint density at radius 3 is 2.44 bits per heavy atom. The quantitative estimate of drug-likeness (QED) is 0.276. The van der Waals surface area contributed by atoms with E-state index in [-0.39, 0.29) is 24.0 Å². The summed E-state index contributed by atoms with van der Waals surface area (Å²) in [4.78, 5) is 4.34. The minimum absolute atomic E-state index is 0. The van der Waals surface area contributed by atoms with Crippen LogP contribution in [0.25, 0.3) is 0 Å². The monoisotopic (exact) mass is 457 g/mol. The molecule has 25 heavy (non-hydrogen) atoms. The molecule has 3 N–H and O–H groups in total. The number of ether oxygens (including phenoxy) is 3. The number of methoxy groups -OCH3 is 2. The average Bonchev–Trinajstić information content (AvgIpc) is 2.62. The fraction of sp³-hybridized carbons (Fsp3) is 0.278. The van der Waals surface area contributed by atoms with Crippen molar-refractivity contribution in [3.63, 3.8) is 0 Å². The van der Waals surface area contributed by atoms with Gasteiger partial charge in [0.2, 0.25) is 0 Å². The van der Waals surface area contributed by atoms with Crippen molar-refractivity contribution in [2.45, 2.75) is 6.54 Å². The van der Waals surface area contributed by atoms with Crippen LogP contribution in [0.15, 0.2) is 53.5 Å². The van der Waals surface area contributed by atoms with Gasteiger partial charge in [0.15, 0.2) is 5.96 Å². The van der Waals surface area contributed by atoms with Gasteiger partial charge in [-0.15, -0.1) is 24.0 Å². The number of guanidine groups is 1. The van der Waals surface area contributed by atoms with E-state index in [0.717, 1.165) is 17.0 Å². The molecule has 7 heteroatoms. The first kappa shape index (κ1) is 21.0. The lowest BCUT2D eigenvalue weighted by molar-refractivity contribution is 0.146. The molecule has 2 rings (SSSR count). The molecule has 0 bridgehead atoms. The van der Waals surface area contributed by atoms with E-state index in [9.17, 15) is 0 Å². The maximum atomic E-state index is 5.93. The maximum Gasteiger partial charge on any atom is 0.193 e. The molecular weight excluding hydrogens is 433 g/mol. The van der Waals surface area contributed by atoms with Crippen molar-refractivity contribution in [1.29, 1.82) is 0 Å². The van der Waals surface area contributed by atoms with E-state index in [2.05, 4.69) is 10.3 Å². The summed E-state index contributed by atoms with van der Waals surface area (Å²) in [6, 6.07) is 15.3. The molecule has 0 aliphatic heterocycles. The van der Waals surface area contributed by atoms with Crippen LogP contribution in [0.2, 0.25) is 0 Å². The fourth-order valence-electron chi connectivity index (χ4n) is 2.04. The van der Waals surface area contributed by atoms with Gasteiger partial charge in [0.1, 0.15) is 18.1 Å². The van der Waals surface area contributed by atoms with Crippen LogP contribution >= 0.6 is 24.0 Å². The highest BCUT2D eigenvalue weighted by Gasteiger charge is 2.02. The van der Waals surface area contributed by atoms with Crippen LogP contribution < -0.4 is 20.5 Å². The second kappa shape index (κ2) is 11.5. The Bertz CT molecular complexity index is 663. The molecule has 0 fully saturated rings. The third kappa shape index (κ3) is 7.18. The predicted molar refractivity (Wildman–Crippen MR) is 111 cm³/mol. The van der Waals surface area contributed by atoms with Gasteiger partial charge in [0.25, 0.3) is 0 Å². The number of nitrogens with one attached hydrogen (secondary N) is 1. The number of anilines is 1. The van der Waals surface area contributed by atoms with E-state index in [4.69, 9.17) is 19.9 Å². The Morgan fingerprint density at radius 2 is 1.76 bits per heavy atom. The summed E-state index contributed by atoms with van der Waals surface area (Å²) in [5, 5.41) is 3.04. The van der Waals surface area contributed by atoms with Gasteiger partial charge in [-0.2, -0.15) is 0 Å². The molecule has 0 amide bonds. The average molecular weight is 457 g/mol. The molecule has 0 saturated heterocycles. The summed E-state index contributed by atoms with van der Waals surface area (Å²) in [5.41, 5.74) is 7.75. The van der Waals surface area contributed by atoms with Gasteiger partial charge in [-0.3, -0.25) is 0 Å². The van der Waals surface area contributed by atoms with Gasteiger partial charge in [0.05, 0.1) is 25.9 Å². The first-order valence-corrected chi connectivity index (χ1v) is 7.63. The minimum atomic E-state index is 0. The summed E-state index contributed by atoms with van der Waals surface area (Å²) in [6.07, 6.45) is 0. The molecule has 0 spiro atoms. The molecular formula is C18H24IN3O3. The van der Waals surface area contributed by atoms with Crippen LogP contribution in [0.5, 0.6) is 11.5 Å².